The van der Waals surface area contributed by atoms with Crippen LogP contribution in [0.15, 0.2) is 29.6 Å². The molecule has 2 N–H and O–H groups in total. The van der Waals surface area contributed by atoms with E-state index >= 15 is 0 Å². The van der Waals surface area contributed by atoms with E-state index in [-0.39, 0.29) is 12.5 Å². The zero-order valence-electron chi connectivity index (χ0n) is 11.5. The summed E-state index contributed by atoms with van der Waals surface area (Å²) in [5, 5.41) is 8.47. The van der Waals surface area contributed by atoms with Crippen molar-refractivity contribution in [2.24, 2.45) is 0 Å². The first-order valence-corrected chi connectivity index (χ1v) is 7.13. The topological polar surface area (TPSA) is 63.2 Å². The highest BCUT2D eigenvalue weighted by molar-refractivity contribution is 7.13. The van der Waals surface area contributed by atoms with Crippen LogP contribution in [-0.2, 0) is 11.3 Å². The predicted molar refractivity (Wildman–Crippen MR) is 80.2 cm³/mol. The molecule has 0 aliphatic rings. The van der Waals surface area contributed by atoms with Crippen LogP contribution in [0, 0.1) is 6.92 Å². The Bertz CT molecular complexity index is 566. The zero-order valence-corrected chi connectivity index (χ0v) is 12.3. The number of amides is 1. The molecule has 0 spiro atoms. The maximum Gasteiger partial charge on any atom is 0.258 e. The number of hydrogen-bond acceptors (Lipinski definition) is 5. The van der Waals surface area contributed by atoms with Crippen molar-refractivity contribution < 1.29 is 9.53 Å². The molecule has 2 aromatic rings. The van der Waals surface area contributed by atoms with Gasteiger partial charge in [0.05, 0.1) is 12.2 Å². The average Bonchev–Trinajstić information content (AvgIpc) is 2.92. The Morgan fingerprint density at radius 3 is 2.75 bits per heavy atom. The summed E-state index contributed by atoms with van der Waals surface area (Å²) in [6.07, 6.45) is 0. The number of benzene rings is 1. The molecule has 0 bridgehead atoms. The Morgan fingerprint density at radius 2 is 2.10 bits per heavy atom. The molecule has 0 atom stereocenters. The van der Waals surface area contributed by atoms with E-state index < -0.39 is 0 Å². The summed E-state index contributed by atoms with van der Waals surface area (Å²) >= 11 is 1.51. The molecule has 0 saturated heterocycles. The second kappa shape index (κ2) is 6.91. The van der Waals surface area contributed by atoms with Crippen molar-refractivity contribution in [1.82, 2.24) is 10.3 Å². The smallest absolute Gasteiger partial charge is 0.258 e. The van der Waals surface area contributed by atoms with Crippen LogP contribution in [0.4, 0.5) is 5.13 Å². The molecule has 6 heteroatoms. The predicted octanol–water partition coefficient (Wildman–Crippen LogP) is 2.19. The summed E-state index contributed by atoms with van der Waals surface area (Å²) in [6, 6.07) is 7.59. The van der Waals surface area contributed by atoms with Crippen molar-refractivity contribution in [1.29, 1.82) is 0 Å². The second-order valence-electron chi connectivity index (χ2n) is 4.27. The lowest BCUT2D eigenvalue weighted by Gasteiger charge is -2.06. The van der Waals surface area contributed by atoms with Gasteiger partial charge in [-0.2, -0.15) is 0 Å². The van der Waals surface area contributed by atoms with Crippen molar-refractivity contribution in [3.8, 4) is 5.75 Å². The Labute approximate surface area is 122 Å². The van der Waals surface area contributed by atoms with Gasteiger partial charge in [0.25, 0.3) is 5.91 Å². The SMILES string of the molecule is CNc1nc(CNC(=O)COc2ccc(C)cc2)cs1. The molecule has 0 fully saturated rings. The van der Waals surface area contributed by atoms with Gasteiger partial charge >= 0.3 is 0 Å². The number of anilines is 1. The van der Waals surface area contributed by atoms with Crippen LogP contribution in [0.2, 0.25) is 0 Å². The molecule has 106 valence electrons. The van der Waals surface area contributed by atoms with Gasteiger partial charge in [0, 0.05) is 12.4 Å². The molecule has 0 saturated carbocycles. The summed E-state index contributed by atoms with van der Waals surface area (Å²) in [6.45, 7) is 2.42. The lowest BCUT2D eigenvalue weighted by Crippen LogP contribution is -2.28. The van der Waals surface area contributed by atoms with Crippen molar-refractivity contribution in [3.63, 3.8) is 0 Å². The summed E-state index contributed by atoms with van der Waals surface area (Å²) < 4.78 is 5.40. The molecule has 0 unspecified atom stereocenters. The van der Waals surface area contributed by atoms with Gasteiger partial charge in [0.15, 0.2) is 11.7 Å². The number of aromatic nitrogens is 1. The third-order valence-electron chi connectivity index (χ3n) is 2.62. The van der Waals surface area contributed by atoms with Crippen molar-refractivity contribution in [2.45, 2.75) is 13.5 Å². The molecule has 1 heterocycles. The number of nitrogens with zero attached hydrogens (tertiary/aromatic N) is 1. The highest BCUT2D eigenvalue weighted by Gasteiger charge is 2.05. The molecule has 1 amide bonds. The molecule has 0 aliphatic heterocycles. The first kappa shape index (κ1) is 14.3. The monoisotopic (exact) mass is 291 g/mol. The fourth-order valence-electron chi connectivity index (χ4n) is 1.53. The second-order valence-corrected chi connectivity index (χ2v) is 5.13. The van der Waals surface area contributed by atoms with Gasteiger partial charge in [-0.3, -0.25) is 4.79 Å². The minimum Gasteiger partial charge on any atom is -0.484 e. The van der Waals surface area contributed by atoms with Crippen LogP contribution < -0.4 is 15.4 Å². The number of thiazole rings is 1. The minimum absolute atomic E-state index is 0.00603. The molecule has 0 radical (unpaired) electrons. The highest BCUT2D eigenvalue weighted by Crippen LogP contribution is 2.14. The number of hydrogen-bond donors (Lipinski definition) is 2. The van der Waals surface area contributed by atoms with Crippen LogP contribution in [0.3, 0.4) is 0 Å². The summed E-state index contributed by atoms with van der Waals surface area (Å²) in [4.78, 5) is 15.9. The number of carbonyl (C=O) groups is 1. The highest BCUT2D eigenvalue weighted by atomic mass is 32.1. The van der Waals surface area contributed by atoms with E-state index in [4.69, 9.17) is 4.74 Å². The van der Waals surface area contributed by atoms with E-state index in [9.17, 15) is 4.79 Å². The first-order chi connectivity index (χ1) is 9.67. The number of nitrogens with one attached hydrogen (secondary N) is 2. The maximum atomic E-state index is 11.7. The zero-order chi connectivity index (χ0) is 14.4. The Morgan fingerprint density at radius 1 is 1.35 bits per heavy atom. The van der Waals surface area contributed by atoms with E-state index in [0.717, 1.165) is 16.4 Å². The fraction of sp³-hybridized carbons (Fsp3) is 0.286. The molecule has 20 heavy (non-hydrogen) atoms. The summed E-state index contributed by atoms with van der Waals surface area (Å²) in [5.74, 6) is 0.529. The first-order valence-electron chi connectivity index (χ1n) is 6.25. The molecule has 1 aromatic carbocycles. The van der Waals surface area contributed by atoms with Gasteiger partial charge in [-0.05, 0) is 19.1 Å². The normalized spacial score (nSPS) is 10.1. The largest absolute Gasteiger partial charge is 0.484 e. The third kappa shape index (κ3) is 4.24. The maximum absolute atomic E-state index is 11.7. The van der Waals surface area contributed by atoms with Gasteiger partial charge in [-0.1, -0.05) is 17.7 Å². The molecule has 2 rings (SSSR count). The summed E-state index contributed by atoms with van der Waals surface area (Å²) in [5.41, 5.74) is 1.99. The number of ether oxygens (including phenoxy) is 1. The average molecular weight is 291 g/mol. The lowest BCUT2D eigenvalue weighted by atomic mass is 10.2. The quantitative estimate of drug-likeness (QED) is 0.856. The van der Waals surface area contributed by atoms with E-state index in [1.807, 2.05) is 43.6 Å². The van der Waals surface area contributed by atoms with Crippen LogP contribution in [0.5, 0.6) is 5.75 Å². The van der Waals surface area contributed by atoms with E-state index in [0.29, 0.717) is 12.3 Å². The van der Waals surface area contributed by atoms with Crippen LogP contribution >= 0.6 is 11.3 Å². The van der Waals surface area contributed by atoms with Crippen molar-refractivity contribution in [2.75, 3.05) is 19.0 Å². The van der Waals surface area contributed by atoms with E-state index in [2.05, 4.69) is 15.6 Å². The minimum atomic E-state index is -0.162. The molecule has 0 aliphatic carbocycles. The van der Waals surface area contributed by atoms with E-state index in [1.165, 1.54) is 11.3 Å². The van der Waals surface area contributed by atoms with Gasteiger partial charge in [-0.15, -0.1) is 11.3 Å². The molecule has 5 nitrogen and oxygen atoms in total. The van der Waals surface area contributed by atoms with Crippen molar-refractivity contribution >= 4 is 22.4 Å². The number of rotatable bonds is 6. The molecular weight excluding hydrogens is 274 g/mol. The van der Waals surface area contributed by atoms with Crippen LogP contribution in [-0.4, -0.2) is 24.5 Å². The Kier molecular flexibility index (Phi) is 4.95. The van der Waals surface area contributed by atoms with Gasteiger partial charge in [0.1, 0.15) is 5.75 Å². The summed E-state index contributed by atoms with van der Waals surface area (Å²) in [7, 11) is 1.82. The third-order valence-corrected chi connectivity index (χ3v) is 3.53. The van der Waals surface area contributed by atoms with Crippen LogP contribution in [0.1, 0.15) is 11.3 Å². The van der Waals surface area contributed by atoms with Gasteiger partial charge in [-0.25, -0.2) is 4.98 Å². The molecular formula is C14H17N3O2S. The number of aryl methyl sites for hydroxylation is 1. The van der Waals surface area contributed by atoms with Gasteiger partial charge < -0.3 is 15.4 Å². The van der Waals surface area contributed by atoms with Crippen LogP contribution in [0.25, 0.3) is 0 Å². The fourth-order valence-corrected chi connectivity index (χ4v) is 2.20. The van der Waals surface area contributed by atoms with Gasteiger partial charge in [0.2, 0.25) is 0 Å². The van der Waals surface area contributed by atoms with Crippen molar-refractivity contribution in [3.05, 3.63) is 40.9 Å². The Hall–Kier alpha value is -2.08. The molecule has 1 aromatic heterocycles. The van der Waals surface area contributed by atoms with E-state index in [1.54, 1.807) is 0 Å². The lowest BCUT2D eigenvalue weighted by molar-refractivity contribution is -0.123. The Balaban J connectivity index is 1.74. The number of carbonyl (C=O) groups excluding carboxylic acids is 1. The standard InChI is InChI=1S/C14H17N3O2S/c1-10-3-5-12(6-4-10)19-8-13(18)16-7-11-9-20-14(15-2)17-11/h3-6,9H,7-8H2,1-2H3,(H,15,17)(H,16,18).